The zero-order valence-electron chi connectivity index (χ0n) is 10.2. The summed E-state index contributed by atoms with van der Waals surface area (Å²) in [6, 6.07) is 2.00. The second-order valence-electron chi connectivity index (χ2n) is 4.13. The van der Waals surface area contributed by atoms with Crippen LogP contribution in [0.4, 0.5) is 11.5 Å². The van der Waals surface area contributed by atoms with Crippen molar-refractivity contribution in [3.8, 4) is 5.75 Å². The topological polar surface area (TPSA) is 66.1 Å². The molecule has 0 spiro atoms. The van der Waals surface area contributed by atoms with Crippen LogP contribution in [0.15, 0.2) is 24.8 Å². The molecule has 3 heterocycles. The fourth-order valence-electron chi connectivity index (χ4n) is 2.05. The molecule has 94 valence electrons. The number of pyridine rings is 1. The van der Waals surface area contributed by atoms with E-state index in [1.54, 1.807) is 12.5 Å². The lowest BCUT2D eigenvalue weighted by atomic mass is 10.2. The summed E-state index contributed by atoms with van der Waals surface area (Å²) in [5, 5.41) is 3.04. The number of aromatic nitrogens is 3. The fraction of sp³-hybridized carbons (Fsp3) is 0.333. The van der Waals surface area contributed by atoms with E-state index < -0.39 is 0 Å². The molecule has 1 aliphatic rings. The number of rotatable bonds is 3. The smallest absolute Gasteiger partial charge is 0.161 e. The highest BCUT2D eigenvalue weighted by Gasteiger charge is 2.19. The van der Waals surface area contributed by atoms with Crippen molar-refractivity contribution in [2.75, 3.05) is 30.4 Å². The minimum absolute atomic E-state index is 0.682. The Labute approximate surface area is 105 Å². The summed E-state index contributed by atoms with van der Waals surface area (Å²) in [5.41, 5.74) is 2.15. The zero-order valence-corrected chi connectivity index (χ0v) is 10.2. The molecule has 2 N–H and O–H groups in total. The van der Waals surface area contributed by atoms with Crippen molar-refractivity contribution in [2.45, 2.75) is 6.54 Å². The van der Waals surface area contributed by atoms with E-state index in [1.165, 1.54) is 0 Å². The van der Waals surface area contributed by atoms with Gasteiger partial charge in [0.05, 0.1) is 37.0 Å². The normalized spacial score (nSPS) is 13.9. The lowest BCUT2D eigenvalue weighted by Crippen LogP contribution is -2.32. The molecule has 0 saturated carbocycles. The van der Waals surface area contributed by atoms with E-state index in [9.17, 15) is 0 Å². The molecule has 0 amide bonds. The maximum absolute atomic E-state index is 5.61. The summed E-state index contributed by atoms with van der Waals surface area (Å²) >= 11 is 0. The van der Waals surface area contributed by atoms with Crippen molar-refractivity contribution in [3.05, 3.63) is 30.5 Å². The Morgan fingerprint density at radius 2 is 2.44 bits per heavy atom. The molecule has 2 aromatic rings. The second-order valence-corrected chi connectivity index (χ2v) is 4.13. The number of hydrogen-bond donors (Lipinski definition) is 2. The third-order valence-electron chi connectivity index (χ3n) is 2.98. The van der Waals surface area contributed by atoms with Gasteiger partial charge in [0.1, 0.15) is 12.4 Å². The lowest BCUT2D eigenvalue weighted by Gasteiger charge is -2.30. The van der Waals surface area contributed by atoms with Gasteiger partial charge < -0.3 is 19.9 Å². The number of imidazole rings is 1. The van der Waals surface area contributed by atoms with Crippen molar-refractivity contribution in [3.63, 3.8) is 0 Å². The third-order valence-corrected chi connectivity index (χ3v) is 2.98. The van der Waals surface area contributed by atoms with Crippen molar-refractivity contribution in [1.82, 2.24) is 15.0 Å². The van der Waals surface area contributed by atoms with E-state index in [0.717, 1.165) is 36.0 Å². The van der Waals surface area contributed by atoms with Crippen LogP contribution in [0.1, 0.15) is 5.69 Å². The Hall–Kier alpha value is -2.24. The van der Waals surface area contributed by atoms with E-state index in [0.29, 0.717) is 6.61 Å². The van der Waals surface area contributed by atoms with Crippen LogP contribution in [0.25, 0.3) is 0 Å². The average molecular weight is 245 g/mol. The van der Waals surface area contributed by atoms with Gasteiger partial charge in [-0.3, -0.25) is 0 Å². The summed E-state index contributed by atoms with van der Waals surface area (Å²) in [5.74, 6) is 1.67. The van der Waals surface area contributed by atoms with Crippen LogP contribution in [0, 0.1) is 0 Å². The number of nitrogens with zero attached hydrogens (tertiary/aromatic N) is 3. The zero-order chi connectivity index (χ0) is 12.4. The minimum Gasteiger partial charge on any atom is -0.488 e. The molecule has 0 aromatic carbocycles. The average Bonchev–Trinajstić information content (AvgIpc) is 2.91. The van der Waals surface area contributed by atoms with Gasteiger partial charge in [0.15, 0.2) is 5.75 Å². The number of anilines is 2. The van der Waals surface area contributed by atoms with E-state index in [1.807, 2.05) is 19.3 Å². The van der Waals surface area contributed by atoms with Crippen LogP contribution >= 0.6 is 0 Å². The summed E-state index contributed by atoms with van der Waals surface area (Å²) < 4.78 is 5.61. The fourth-order valence-corrected chi connectivity index (χ4v) is 2.05. The van der Waals surface area contributed by atoms with Crippen LogP contribution in [0.3, 0.4) is 0 Å². The predicted molar refractivity (Wildman–Crippen MR) is 68.9 cm³/mol. The quantitative estimate of drug-likeness (QED) is 0.851. The molecule has 0 fully saturated rings. The molecule has 0 bridgehead atoms. The van der Waals surface area contributed by atoms with Crippen molar-refractivity contribution >= 4 is 11.5 Å². The molecule has 0 aliphatic carbocycles. The first-order valence-corrected chi connectivity index (χ1v) is 5.89. The molecule has 2 aromatic heterocycles. The maximum atomic E-state index is 5.61. The van der Waals surface area contributed by atoms with Crippen LogP contribution in [0.2, 0.25) is 0 Å². The molecule has 18 heavy (non-hydrogen) atoms. The SMILES string of the molecule is CNc1cc2c(cn1)OCCN2Cc1cnc[nH]1. The van der Waals surface area contributed by atoms with Gasteiger partial charge in [0, 0.05) is 19.3 Å². The number of aromatic amines is 1. The van der Waals surface area contributed by atoms with E-state index in [-0.39, 0.29) is 0 Å². The Bertz CT molecular complexity index is 525. The largest absolute Gasteiger partial charge is 0.488 e. The second kappa shape index (κ2) is 4.56. The highest BCUT2D eigenvalue weighted by molar-refractivity contribution is 5.63. The third kappa shape index (κ3) is 1.97. The van der Waals surface area contributed by atoms with Gasteiger partial charge in [-0.25, -0.2) is 9.97 Å². The first-order valence-electron chi connectivity index (χ1n) is 5.89. The molecule has 0 atom stereocenters. The van der Waals surface area contributed by atoms with Gasteiger partial charge in [0.25, 0.3) is 0 Å². The van der Waals surface area contributed by atoms with Crippen LogP contribution in [-0.2, 0) is 6.54 Å². The first kappa shape index (κ1) is 10.9. The summed E-state index contributed by atoms with van der Waals surface area (Å²) in [6.07, 6.45) is 5.30. The maximum Gasteiger partial charge on any atom is 0.161 e. The van der Waals surface area contributed by atoms with Crippen LogP contribution in [0.5, 0.6) is 5.75 Å². The van der Waals surface area contributed by atoms with Crippen LogP contribution in [-0.4, -0.2) is 35.2 Å². The Morgan fingerprint density at radius 1 is 1.50 bits per heavy atom. The molecular weight excluding hydrogens is 230 g/mol. The monoisotopic (exact) mass is 245 g/mol. The highest BCUT2D eigenvalue weighted by atomic mass is 16.5. The van der Waals surface area contributed by atoms with Gasteiger partial charge in [-0.1, -0.05) is 0 Å². The van der Waals surface area contributed by atoms with Gasteiger partial charge in [0.2, 0.25) is 0 Å². The molecule has 1 aliphatic heterocycles. The number of fused-ring (bicyclic) bond motifs is 1. The Morgan fingerprint density at radius 3 is 3.22 bits per heavy atom. The minimum atomic E-state index is 0.682. The van der Waals surface area contributed by atoms with Gasteiger partial charge in [-0.15, -0.1) is 0 Å². The van der Waals surface area contributed by atoms with E-state index >= 15 is 0 Å². The molecule has 0 saturated heterocycles. The van der Waals surface area contributed by atoms with Crippen molar-refractivity contribution < 1.29 is 4.74 Å². The molecule has 6 nitrogen and oxygen atoms in total. The van der Waals surface area contributed by atoms with Crippen molar-refractivity contribution in [1.29, 1.82) is 0 Å². The number of H-pyrrole nitrogens is 1. The highest BCUT2D eigenvalue weighted by Crippen LogP contribution is 2.33. The van der Waals surface area contributed by atoms with Gasteiger partial charge in [-0.2, -0.15) is 0 Å². The number of nitrogens with one attached hydrogen (secondary N) is 2. The van der Waals surface area contributed by atoms with E-state index in [2.05, 4.69) is 25.2 Å². The van der Waals surface area contributed by atoms with Crippen molar-refractivity contribution in [2.24, 2.45) is 0 Å². The molecular formula is C12H15N5O. The van der Waals surface area contributed by atoms with E-state index in [4.69, 9.17) is 4.74 Å². The summed E-state index contributed by atoms with van der Waals surface area (Å²) in [6.45, 7) is 2.34. The summed E-state index contributed by atoms with van der Waals surface area (Å²) in [7, 11) is 1.86. The van der Waals surface area contributed by atoms with Gasteiger partial charge >= 0.3 is 0 Å². The van der Waals surface area contributed by atoms with Crippen LogP contribution < -0.4 is 15.0 Å². The molecule has 3 rings (SSSR count). The predicted octanol–water partition coefficient (Wildman–Crippen LogP) is 1.25. The first-order chi connectivity index (χ1) is 8.86. The molecule has 6 heteroatoms. The molecule has 0 radical (unpaired) electrons. The lowest BCUT2D eigenvalue weighted by molar-refractivity contribution is 0.305. The van der Waals surface area contributed by atoms with Gasteiger partial charge in [-0.05, 0) is 0 Å². The Balaban J connectivity index is 1.90. The standard InChI is InChI=1S/C12H15N5O/c1-13-12-4-10-11(6-15-12)18-3-2-17(10)7-9-5-14-8-16-9/h4-6,8H,2-3,7H2,1H3,(H,13,15)(H,14,16). The Kier molecular flexibility index (Phi) is 2.76. The molecule has 0 unspecified atom stereocenters. The number of hydrogen-bond acceptors (Lipinski definition) is 5. The summed E-state index contributed by atoms with van der Waals surface area (Å²) in [4.78, 5) is 13.7. The number of ether oxygens (including phenoxy) is 1.